The monoisotopic (exact) mass is 269 g/mol. The summed E-state index contributed by atoms with van der Waals surface area (Å²) in [4.78, 5) is 13.5. The van der Waals surface area contributed by atoms with E-state index in [-0.39, 0.29) is 11.5 Å². The first kappa shape index (κ1) is 12.8. The number of benzene rings is 1. The highest BCUT2D eigenvalue weighted by molar-refractivity contribution is 5.65. The van der Waals surface area contributed by atoms with Gasteiger partial charge in [-0.2, -0.15) is 0 Å². The van der Waals surface area contributed by atoms with Crippen LogP contribution in [0.2, 0.25) is 0 Å². The fourth-order valence-corrected chi connectivity index (χ4v) is 1.50. The highest BCUT2D eigenvalue weighted by Crippen LogP contribution is 2.28. The Bertz CT molecular complexity index is 676. The minimum absolute atomic E-state index is 0.228. The van der Waals surface area contributed by atoms with Crippen molar-refractivity contribution in [1.29, 1.82) is 0 Å². The highest BCUT2D eigenvalue weighted by Gasteiger charge is 2.18. The van der Waals surface area contributed by atoms with Crippen molar-refractivity contribution in [3.05, 3.63) is 51.8 Å². The zero-order valence-corrected chi connectivity index (χ0v) is 9.23. The number of rotatable bonds is 2. The van der Waals surface area contributed by atoms with Gasteiger partial charge in [-0.25, -0.2) is 18.2 Å². The quantitative estimate of drug-likeness (QED) is 0.516. The molecule has 0 unspecified atom stereocenters. The molecule has 0 atom stereocenters. The van der Waals surface area contributed by atoms with Crippen LogP contribution in [0.5, 0.6) is 0 Å². The second-order valence-electron chi connectivity index (χ2n) is 3.62. The lowest BCUT2D eigenvalue weighted by molar-refractivity contribution is -0.384. The number of nitrogens with zero attached hydrogens (tertiary/aromatic N) is 2. The zero-order chi connectivity index (χ0) is 14.2. The lowest BCUT2D eigenvalue weighted by Gasteiger charge is -2.05. The fraction of sp³-hybridized carbons (Fsp3) is 0. The molecule has 1 aromatic carbocycles. The largest absolute Gasteiger partial charge is 0.383 e. The average molecular weight is 269 g/mol. The van der Waals surface area contributed by atoms with Crippen molar-refractivity contribution < 1.29 is 18.1 Å². The smallest absolute Gasteiger partial charge is 0.275 e. The van der Waals surface area contributed by atoms with E-state index in [4.69, 9.17) is 5.73 Å². The zero-order valence-electron chi connectivity index (χ0n) is 9.23. The molecule has 2 N–H and O–H groups in total. The van der Waals surface area contributed by atoms with Gasteiger partial charge in [0.2, 0.25) is 0 Å². The molecule has 1 aromatic heterocycles. The Morgan fingerprint density at radius 2 is 1.84 bits per heavy atom. The molecule has 0 amide bonds. The van der Waals surface area contributed by atoms with Gasteiger partial charge < -0.3 is 5.73 Å². The van der Waals surface area contributed by atoms with Gasteiger partial charge in [0.1, 0.15) is 5.82 Å². The number of halogens is 3. The molecular weight excluding hydrogens is 263 g/mol. The second-order valence-corrected chi connectivity index (χ2v) is 3.62. The summed E-state index contributed by atoms with van der Waals surface area (Å²) in [5, 5.41) is 10.6. The molecule has 0 saturated carbocycles. The summed E-state index contributed by atoms with van der Waals surface area (Å²) < 4.78 is 39.4. The average Bonchev–Trinajstić information content (AvgIpc) is 2.35. The Morgan fingerprint density at radius 1 is 1.16 bits per heavy atom. The molecule has 0 aliphatic carbocycles. The first-order valence-corrected chi connectivity index (χ1v) is 4.96. The molecule has 0 spiro atoms. The van der Waals surface area contributed by atoms with Crippen LogP contribution in [-0.4, -0.2) is 9.91 Å². The van der Waals surface area contributed by atoms with Crippen molar-refractivity contribution in [2.45, 2.75) is 0 Å². The second kappa shape index (κ2) is 4.56. The van der Waals surface area contributed by atoms with Gasteiger partial charge in [0.15, 0.2) is 17.5 Å². The molecule has 0 fully saturated rings. The van der Waals surface area contributed by atoms with Gasteiger partial charge in [-0.15, -0.1) is 0 Å². The van der Waals surface area contributed by atoms with E-state index < -0.39 is 33.6 Å². The third kappa shape index (κ3) is 2.32. The van der Waals surface area contributed by atoms with E-state index in [2.05, 4.69) is 4.98 Å². The van der Waals surface area contributed by atoms with Crippen LogP contribution in [0.15, 0.2) is 24.3 Å². The summed E-state index contributed by atoms with van der Waals surface area (Å²) in [6.45, 7) is 0. The summed E-state index contributed by atoms with van der Waals surface area (Å²) in [5.74, 6) is -4.75. The third-order valence-corrected chi connectivity index (χ3v) is 2.35. The maximum Gasteiger partial charge on any atom is 0.275 e. The van der Waals surface area contributed by atoms with Gasteiger partial charge in [0.05, 0.1) is 16.7 Å². The van der Waals surface area contributed by atoms with Gasteiger partial charge in [-0.3, -0.25) is 10.1 Å². The first-order chi connectivity index (χ1) is 8.90. The van der Waals surface area contributed by atoms with E-state index in [0.717, 1.165) is 18.2 Å². The molecule has 5 nitrogen and oxygen atoms in total. The van der Waals surface area contributed by atoms with E-state index in [9.17, 15) is 23.3 Å². The molecule has 0 aliphatic rings. The van der Waals surface area contributed by atoms with Crippen molar-refractivity contribution in [3.63, 3.8) is 0 Å². The minimum atomic E-state index is -1.68. The van der Waals surface area contributed by atoms with E-state index in [1.165, 1.54) is 0 Å². The topological polar surface area (TPSA) is 82.0 Å². The van der Waals surface area contributed by atoms with Crippen molar-refractivity contribution in [1.82, 2.24) is 4.98 Å². The van der Waals surface area contributed by atoms with Gasteiger partial charge in [0, 0.05) is 11.6 Å². The SMILES string of the molecule is Nc1cc([N+](=O)[O-])cc(-c2ccc(F)c(F)c2F)n1. The molecule has 19 heavy (non-hydrogen) atoms. The summed E-state index contributed by atoms with van der Waals surface area (Å²) in [6, 6.07) is 3.52. The summed E-state index contributed by atoms with van der Waals surface area (Å²) in [7, 11) is 0. The Kier molecular flexibility index (Phi) is 3.07. The summed E-state index contributed by atoms with van der Waals surface area (Å²) >= 11 is 0. The molecule has 0 bridgehead atoms. The minimum Gasteiger partial charge on any atom is -0.383 e. The van der Waals surface area contributed by atoms with Gasteiger partial charge in [-0.1, -0.05) is 0 Å². The van der Waals surface area contributed by atoms with Crippen molar-refractivity contribution >= 4 is 11.5 Å². The van der Waals surface area contributed by atoms with Crippen LogP contribution in [0.1, 0.15) is 0 Å². The molecule has 1 heterocycles. The maximum atomic E-state index is 13.5. The molecule has 2 rings (SSSR count). The fourth-order valence-electron chi connectivity index (χ4n) is 1.50. The lowest BCUT2D eigenvalue weighted by atomic mass is 10.1. The maximum absolute atomic E-state index is 13.5. The number of nitrogens with two attached hydrogens (primary N) is 1. The summed E-state index contributed by atoms with van der Waals surface area (Å²) in [6.07, 6.45) is 0. The van der Waals surface area contributed by atoms with Crippen molar-refractivity contribution in [3.8, 4) is 11.3 Å². The molecule has 0 saturated heterocycles. The number of aromatic nitrogens is 1. The lowest BCUT2D eigenvalue weighted by Crippen LogP contribution is -1.99. The Balaban J connectivity index is 2.65. The van der Waals surface area contributed by atoms with Gasteiger partial charge in [-0.05, 0) is 12.1 Å². The standard InChI is InChI=1S/C11H6F3N3O2/c12-7-2-1-6(10(13)11(7)14)8-3-5(17(18)19)4-9(15)16-8/h1-4H,(H2,15,16). The van der Waals surface area contributed by atoms with E-state index in [0.29, 0.717) is 6.07 Å². The van der Waals surface area contributed by atoms with E-state index in [1.54, 1.807) is 0 Å². The third-order valence-electron chi connectivity index (χ3n) is 2.35. The van der Waals surface area contributed by atoms with E-state index in [1.807, 2.05) is 0 Å². The number of pyridine rings is 1. The van der Waals surface area contributed by atoms with Crippen LogP contribution in [0, 0.1) is 27.6 Å². The number of hydrogen-bond acceptors (Lipinski definition) is 4. The van der Waals surface area contributed by atoms with Gasteiger partial charge in [0.25, 0.3) is 5.69 Å². The van der Waals surface area contributed by atoms with Crippen LogP contribution >= 0.6 is 0 Å². The van der Waals surface area contributed by atoms with E-state index >= 15 is 0 Å². The predicted octanol–water partition coefficient (Wildman–Crippen LogP) is 2.66. The van der Waals surface area contributed by atoms with Crippen LogP contribution in [0.25, 0.3) is 11.3 Å². The first-order valence-electron chi connectivity index (χ1n) is 4.96. The van der Waals surface area contributed by atoms with Gasteiger partial charge >= 0.3 is 0 Å². The van der Waals surface area contributed by atoms with Crippen LogP contribution in [-0.2, 0) is 0 Å². The van der Waals surface area contributed by atoms with Crippen LogP contribution < -0.4 is 5.73 Å². The molecule has 0 radical (unpaired) electrons. The Hall–Kier alpha value is -2.64. The highest BCUT2D eigenvalue weighted by atomic mass is 19.2. The molecule has 2 aromatic rings. The normalized spacial score (nSPS) is 10.5. The van der Waals surface area contributed by atoms with Crippen molar-refractivity contribution in [2.75, 3.05) is 5.73 Å². The number of anilines is 1. The van der Waals surface area contributed by atoms with Crippen molar-refractivity contribution in [2.24, 2.45) is 0 Å². The molecule has 8 heteroatoms. The molecule has 0 aliphatic heterocycles. The number of hydrogen-bond donors (Lipinski definition) is 1. The summed E-state index contributed by atoms with van der Waals surface area (Å²) in [5.41, 5.74) is 4.27. The number of nitrogen functional groups attached to an aromatic ring is 1. The number of nitro groups is 1. The molecular formula is C11H6F3N3O2. The molecule has 98 valence electrons. The Labute approximate surface area is 104 Å². The van der Waals surface area contributed by atoms with Crippen LogP contribution in [0.4, 0.5) is 24.7 Å². The Morgan fingerprint density at radius 3 is 2.47 bits per heavy atom. The predicted molar refractivity (Wildman–Crippen MR) is 60.6 cm³/mol. The van der Waals surface area contributed by atoms with Crippen LogP contribution in [0.3, 0.4) is 0 Å².